The van der Waals surface area contributed by atoms with Crippen LogP contribution in [-0.4, -0.2) is 36.5 Å². The second-order valence-electron chi connectivity index (χ2n) is 7.60. The molecule has 0 aliphatic carbocycles. The molecule has 0 aromatic heterocycles. The van der Waals surface area contributed by atoms with Gasteiger partial charge in [-0.2, -0.15) is 0 Å². The van der Waals surface area contributed by atoms with Crippen LogP contribution in [0.15, 0.2) is 11.6 Å². The first-order valence-electron chi connectivity index (χ1n) is 10.8. The van der Waals surface area contributed by atoms with Crippen molar-refractivity contribution in [3.63, 3.8) is 0 Å². The molecule has 1 unspecified atom stereocenters. The van der Waals surface area contributed by atoms with Crippen LogP contribution < -0.4 is 0 Å². The van der Waals surface area contributed by atoms with E-state index in [4.69, 9.17) is 9.47 Å². The number of rotatable bonds is 16. The smallest absolute Gasteiger partial charge is 0.334 e. The first-order chi connectivity index (χ1) is 12.7. The molecule has 1 aliphatic rings. The van der Waals surface area contributed by atoms with Crippen molar-refractivity contribution in [2.45, 2.75) is 103 Å². The van der Waals surface area contributed by atoms with E-state index in [0.717, 1.165) is 12.8 Å². The fourth-order valence-electron chi connectivity index (χ4n) is 3.46. The molecule has 152 valence electrons. The summed E-state index contributed by atoms with van der Waals surface area (Å²) in [5, 5.41) is 9.57. The van der Waals surface area contributed by atoms with Crippen molar-refractivity contribution in [3.05, 3.63) is 11.6 Å². The molecule has 0 amide bonds. The van der Waals surface area contributed by atoms with Gasteiger partial charge in [0.15, 0.2) is 5.60 Å². The second-order valence-corrected chi connectivity index (χ2v) is 7.60. The highest BCUT2D eigenvalue weighted by Gasteiger charge is 2.43. The summed E-state index contributed by atoms with van der Waals surface area (Å²) in [5.41, 5.74) is -0.165. The van der Waals surface area contributed by atoms with Crippen molar-refractivity contribution < 1.29 is 19.4 Å². The van der Waals surface area contributed by atoms with Gasteiger partial charge in [0.25, 0.3) is 0 Å². The molecule has 0 radical (unpaired) electrons. The van der Waals surface area contributed by atoms with Gasteiger partial charge in [-0.3, -0.25) is 0 Å². The number of cyclic esters (lactones) is 1. The van der Waals surface area contributed by atoms with Crippen molar-refractivity contribution in [1.29, 1.82) is 0 Å². The van der Waals surface area contributed by atoms with E-state index in [-0.39, 0.29) is 19.2 Å². The number of aliphatic hydroxyl groups excluding tert-OH is 1. The lowest BCUT2D eigenvalue weighted by molar-refractivity contribution is -0.156. The van der Waals surface area contributed by atoms with Crippen LogP contribution in [0, 0.1) is 0 Å². The van der Waals surface area contributed by atoms with E-state index >= 15 is 0 Å². The van der Waals surface area contributed by atoms with Crippen molar-refractivity contribution in [2.24, 2.45) is 0 Å². The Morgan fingerprint density at radius 1 is 1.00 bits per heavy atom. The van der Waals surface area contributed by atoms with Gasteiger partial charge in [0.1, 0.15) is 0 Å². The predicted octanol–water partition coefficient (Wildman–Crippen LogP) is 5.33. The van der Waals surface area contributed by atoms with Gasteiger partial charge in [0, 0.05) is 18.6 Å². The van der Waals surface area contributed by atoms with Crippen LogP contribution >= 0.6 is 0 Å². The van der Waals surface area contributed by atoms with E-state index in [0.29, 0.717) is 18.6 Å². The van der Waals surface area contributed by atoms with Crippen LogP contribution in [0.3, 0.4) is 0 Å². The highest BCUT2D eigenvalue weighted by atomic mass is 16.6. The van der Waals surface area contributed by atoms with E-state index in [9.17, 15) is 9.90 Å². The molecule has 1 heterocycles. The minimum Gasteiger partial charge on any atom is -0.450 e. The Labute approximate surface area is 160 Å². The van der Waals surface area contributed by atoms with Gasteiger partial charge in [-0.1, -0.05) is 77.2 Å². The summed E-state index contributed by atoms with van der Waals surface area (Å²) in [5.74, 6) is -0.290. The van der Waals surface area contributed by atoms with Gasteiger partial charge in [0.2, 0.25) is 0 Å². The van der Waals surface area contributed by atoms with E-state index in [1.807, 2.05) is 13.0 Å². The third-order valence-corrected chi connectivity index (χ3v) is 5.14. The molecule has 0 aromatic carbocycles. The maximum Gasteiger partial charge on any atom is 0.334 e. The van der Waals surface area contributed by atoms with Crippen LogP contribution in [0.5, 0.6) is 0 Å². The summed E-state index contributed by atoms with van der Waals surface area (Å²) in [7, 11) is 0. The Morgan fingerprint density at radius 3 is 2.12 bits per heavy atom. The Balaban J connectivity index is 2.08. The Hall–Kier alpha value is -0.870. The monoisotopic (exact) mass is 368 g/mol. The maximum absolute atomic E-state index is 12.0. The summed E-state index contributed by atoms with van der Waals surface area (Å²) >= 11 is 0. The molecular formula is C22H40O4. The minimum atomic E-state index is -0.865. The fraction of sp³-hybridized carbons (Fsp3) is 0.864. The second kappa shape index (κ2) is 14.2. The molecule has 0 spiro atoms. The summed E-state index contributed by atoms with van der Waals surface area (Å²) in [6.07, 6.45) is 17.9. The number of esters is 1. The molecule has 1 aliphatic heterocycles. The van der Waals surface area contributed by atoms with E-state index in [2.05, 4.69) is 6.92 Å². The predicted molar refractivity (Wildman–Crippen MR) is 106 cm³/mol. The molecule has 1 N–H and O–H groups in total. The Morgan fingerprint density at radius 2 is 1.58 bits per heavy atom. The van der Waals surface area contributed by atoms with Crippen LogP contribution in [-0.2, 0) is 14.3 Å². The van der Waals surface area contributed by atoms with Crippen molar-refractivity contribution in [2.75, 3.05) is 19.8 Å². The van der Waals surface area contributed by atoms with Gasteiger partial charge in [-0.05, 0) is 19.8 Å². The maximum atomic E-state index is 12.0. The molecule has 1 atom stereocenters. The SMILES string of the molecule is CCCCCCCCCCCCC/C=C1\CC(CO)(COCC)OC1=O. The molecule has 0 saturated carbocycles. The van der Waals surface area contributed by atoms with Gasteiger partial charge in [-0.15, -0.1) is 0 Å². The Bertz CT molecular complexity index is 405. The zero-order valence-electron chi connectivity index (χ0n) is 17.1. The van der Waals surface area contributed by atoms with Crippen LogP contribution in [0.4, 0.5) is 0 Å². The standard InChI is InChI=1S/C22H40O4/c1-3-5-6-7-8-9-10-11-12-13-14-15-16-20-17-22(18-23,19-25-4-2)26-21(20)24/h16,23H,3-15,17-19H2,1-2H3/b20-16+. The number of aliphatic hydroxyl groups is 1. The van der Waals surface area contributed by atoms with Crippen LogP contribution in [0.25, 0.3) is 0 Å². The molecule has 26 heavy (non-hydrogen) atoms. The molecule has 1 rings (SSSR count). The lowest BCUT2D eigenvalue weighted by Crippen LogP contribution is -2.38. The quantitative estimate of drug-likeness (QED) is 0.227. The van der Waals surface area contributed by atoms with E-state index in [1.165, 1.54) is 64.2 Å². The van der Waals surface area contributed by atoms with Crippen molar-refractivity contribution in [3.8, 4) is 0 Å². The molecule has 4 nitrogen and oxygen atoms in total. The number of carbonyl (C=O) groups excluding carboxylic acids is 1. The normalized spacial score (nSPS) is 21.5. The molecule has 0 bridgehead atoms. The fourth-order valence-corrected chi connectivity index (χ4v) is 3.46. The average Bonchev–Trinajstić information content (AvgIpc) is 2.97. The Kier molecular flexibility index (Phi) is 12.7. The average molecular weight is 369 g/mol. The lowest BCUT2D eigenvalue weighted by atomic mass is 9.98. The topological polar surface area (TPSA) is 55.8 Å². The van der Waals surface area contributed by atoms with Gasteiger partial charge < -0.3 is 14.6 Å². The molecule has 1 fully saturated rings. The summed E-state index contributed by atoms with van der Waals surface area (Å²) in [6.45, 7) is 4.79. The zero-order chi connectivity index (χ0) is 19.1. The first kappa shape index (κ1) is 23.2. The van der Waals surface area contributed by atoms with E-state index in [1.54, 1.807) is 0 Å². The largest absolute Gasteiger partial charge is 0.450 e. The van der Waals surface area contributed by atoms with Gasteiger partial charge in [-0.25, -0.2) is 4.79 Å². The zero-order valence-corrected chi connectivity index (χ0v) is 17.1. The van der Waals surface area contributed by atoms with Crippen molar-refractivity contribution in [1.82, 2.24) is 0 Å². The third kappa shape index (κ3) is 9.18. The molecule has 0 aromatic rings. The molecule has 1 saturated heterocycles. The van der Waals surface area contributed by atoms with E-state index < -0.39 is 5.60 Å². The highest BCUT2D eigenvalue weighted by molar-refractivity contribution is 5.91. The van der Waals surface area contributed by atoms with Crippen LogP contribution in [0.2, 0.25) is 0 Å². The first-order valence-corrected chi connectivity index (χ1v) is 10.8. The summed E-state index contributed by atoms with van der Waals surface area (Å²) < 4.78 is 10.7. The lowest BCUT2D eigenvalue weighted by Gasteiger charge is -2.24. The summed E-state index contributed by atoms with van der Waals surface area (Å²) in [6, 6.07) is 0. The third-order valence-electron chi connectivity index (χ3n) is 5.14. The van der Waals surface area contributed by atoms with Gasteiger partial charge >= 0.3 is 5.97 Å². The highest BCUT2D eigenvalue weighted by Crippen LogP contribution is 2.31. The number of hydrogen-bond acceptors (Lipinski definition) is 4. The number of carbonyl (C=O) groups is 1. The van der Waals surface area contributed by atoms with Crippen molar-refractivity contribution >= 4 is 5.97 Å². The number of hydrogen-bond donors (Lipinski definition) is 1. The number of allylic oxidation sites excluding steroid dienone is 1. The van der Waals surface area contributed by atoms with Crippen LogP contribution in [0.1, 0.15) is 97.3 Å². The molecule has 4 heteroatoms. The molecular weight excluding hydrogens is 328 g/mol. The number of ether oxygens (including phenoxy) is 2. The number of unbranched alkanes of at least 4 members (excludes halogenated alkanes) is 11. The minimum absolute atomic E-state index is 0.186. The van der Waals surface area contributed by atoms with Gasteiger partial charge in [0.05, 0.1) is 13.2 Å². The summed E-state index contributed by atoms with van der Waals surface area (Å²) in [4.78, 5) is 12.0.